The van der Waals surface area contributed by atoms with Crippen LogP contribution in [0.15, 0.2) is 46.9 Å². The van der Waals surface area contributed by atoms with Crippen LogP contribution in [-0.4, -0.2) is 39.3 Å². The van der Waals surface area contributed by atoms with Gasteiger partial charge in [0.2, 0.25) is 11.5 Å². The van der Waals surface area contributed by atoms with E-state index in [1.807, 2.05) is 24.3 Å². The van der Waals surface area contributed by atoms with Crippen LogP contribution in [0.4, 0.5) is 0 Å². The number of nitrogens with zero attached hydrogens (tertiary/aromatic N) is 3. The number of ketones is 1. The fraction of sp³-hybridized carbons (Fsp3) is 0.286. The molecule has 0 spiro atoms. The fourth-order valence-electron chi connectivity index (χ4n) is 3.23. The summed E-state index contributed by atoms with van der Waals surface area (Å²) in [7, 11) is 1.75. The van der Waals surface area contributed by atoms with Crippen molar-refractivity contribution in [1.29, 1.82) is 5.41 Å². The topological polar surface area (TPSA) is 71.1 Å². The normalized spacial score (nSPS) is 11.0. The third-order valence-corrected chi connectivity index (χ3v) is 5.75. The third-order valence-electron chi connectivity index (χ3n) is 4.92. The molecule has 1 heterocycles. The molecule has 1 amide bonds. The number of benzene rings is 2. The number of hydrogen-bond acceptors (Lipinski definition) is 3. The maximum absolute atomic E-state index is 12.8. The van der Waals surface area contributed by atoms with Gasteiger partial charge in [-0.25, -0.2) is 0 Å². The minimum atomic E-state index is -0.0775. The number of hydrogen-bond donors (Lipinski definition) is 1. The van der Waals surface area contributed by atoms with Crippen molar-refractivity contribution >= 4 is 50.3 Å². The number of carbonyl (C=O) groups is 2. The number of aryl methyl sites for hydroxylation is 1. The summed E-state index contributed by atoms with van der Waals surface area (Å²) in [5.41, 5.74) is 2.27. The zero-order chi connectivity index (χ0) is 21.1. The van der Waals surface area contributed by atoms with Gasteiger partial charge in [0.1, 0.15) is 0 Å². The Hall–Kier alpha value is -2.38. The fourth-order valence-corrected chi connectivity index (χ4v) is 3.76. The average molecular weight is 478 g/mol. The van der Waals surface area contributed by atoms with E-state index in [2.05, 4.69) is 15.9 Å². The molecular weight excluding hydrogens is 456 g/mol. The van der Waals surface area contributed by atoms with Crippen molar-refractivity contribution in [3.05, 3.63) is 63.1 Å². The van der Waals surface area contributed by atoms with Gasteiger partial charge in [-0.05, 0) is 30.7 Å². The number of imidazole rings is 1. The molecular formula is C21H22BrClN4O2. The first-order chi connectivity index (χ1) is 13.8. The summed E-state index contributed by atoms with van der Waals surface area (Å²) < 4.78 is 4.39. The van der Waals surface area contributed by atoms with Crippen molar-refractivity contribution < 1.29 is 9.59 Å². The summed E-state index contributed by atoms with van der Waals surface area (Å²) in [6, 6.07) is 12.6. The number of aromatic nitrogens is 2. The van der Waals surface area contributed by atoms with Crippen molar-refractivity contribution in [3.8, 4) is 0 Å². The minimum Gasteiger partial charge on any atom is -0.346 e. The summed E-state index contributed by atoms with van der Waals surface area (Å²) in [5.74, 6) is -0.0759. The quantitative estimate of drug-likeness (QED) is 0.521. The molecule has 1 aromatic heterocycles. The van der Waals surface area contributed by atoms with Gasteiger partial charge < -0.3 is 14.0 Å². The van der Waals surface area contributed by atoms with Crippen LogP contribution in [0, 0.1) is 5.41 Å². The van der Waals surface area contributed by atoms with Gasteiger partial charge in [-0.3, -0.25) is 15.0 Å². The lowest BCUT2D eigenvalue weighted by atomic mass is 10.1. The number of Topliss-reactive ketones (excluding diaryl/α,β-unsaturated/α-hetero) is 1. The van der Waals surface area contributed by atoms with Crippen LogP contribution in [0.25, 0.3) is 11.0 Å². The summed E-state index contributed by atoms with van der Waals surface area (Å²) in [5, 5.41) is 9.19. The highest BCUT2D eigenvalue weighted by molar-refractivity contribution is 9.10. The Bertz CT molecular complexity index is 1120. The molecule has 8 heteroatoms. The number of carbonyl (C=O) groups excluding carboxylic acids is 2. The molecule has 152 valence electrons. The average Bonchev–Trinajstić information content (AvgIpc) is 2.95. The third kappa shape index (κ3) is 4.62. The number of fused-ring (bicyclic) bond motifs is 1. The van der Waals surface area contributed by atoms with E-state index in [9.17, 15) is 9.59 Å². The van der Waals surface area contributed by atoms with Crippen LogP contribution in [0.1, 0.15) is 23.7 Å². The molecule has 0 saturated heterocycles. The lowest BCUT2D eigenvalue weighted by Gasteiger charge is -2.14. The Morgan fingerprint density at radius 1 is 1.14 bits per heavy atom. The molecule has 29 heavy (non-hydrogen) atoms. The zero-order valence-corrected chi connectivity index (χ0v) is 18.6. The van der Waals surface area contributed by atoms with E-state index >= 15 is 0 Å². The number of amides is 1. The predicted molar refractivity (Wildman–Crippen MR) is 117 cm³/mol. The van der Waals surface area contributed by atoms with Gasteiger partial charge in [-0.1, -0.05) is 45.7 Å². The van der Waals surface area contributed by atoms with Gasteiger partial charge >= 0.3 is 0 Å². The molecule has 6 nitrogen and oxygen atoms in total. The van der Waals surface area contributed by atoms with Crippen LogP contribution in [0.2, 0.25) is 5.02 Å². The van der Waals surface area contributed by atoms with Crippen LogP contribution >= 0.6 is 27.5 Å². The molecule has 0 atom stereocenters. The van der Waals surface area contributed by atoms with Gasteiger partial charge in [0.25, 0.3) is 0 Å². The second-order valence-electron chi connectivity index (χ2n) is 6.89. The monoisotopic (exact) mass is 476 g/mol. The Labute approximate surface area is 182 Å². The van der Waals surface area contributed by atoms with E-state index in [0.717, 1.165) is 15.5 Å². The highest BCUT2D eigenvalue weighted by Crippen LogP contribution is 2.23. The van der Waals surface area contributed by atoms with Crippen LogP contribution in [0.3, 0.4) is 0 Å². The molecule has 0 aliphatic heterocycles. The molecule has 3 aromatic rings. The Morgan fingerprint density at radius 2 is 1.83 bits per heavy atom. The number of rotatable bonds is 7. The zero-order valence-electron chi connectivity index (χ0n) is 16.3. The maximum atomic E-state index is 12.8. The Balaban J connectivity index is 1.93. The number of nitrogens with one attached hydrogen (secondary N) is 1. The van der Waals surface area contributed by atoms with Crippen molar-refractivity contribution in [1.82, 2.24) is 14.0 Å². The van der Waals surface area contributed by atoms with Gasteiger partial charge in [-0.2, -0.15) is 0 Å². The van der Waals surface area contributed by atoms with Gasteiger partial charge in [0.05, 0.1) is 22.6 Å². The molecule has 0 unspecified atom stereocenters. The first kappa shape index (κ1) is 21.3. The smallest absolute Gasteiger partial charge is 0.219 e. The SMILES string of the molecule is CC(=O)N(C)CCCn1c(=N)n(CC(=O)c2ccc(Br)cc2)c2cccc(Cl)c21. The molecule has 0 saturated carbocycles. The first-order valence-corrected chi connectivity index (χ1v) is 10.4. The van der Waals surface area contributed by atoms with E-state index in [1.54, 1.807) is 39.3 Å². The minimum absolute atomic E-state index is 0.00153. The summed E-state index contributed by atoms with van der Waals surface area (Å²) >= 11 is 9.81. The predicted octanol–water partition coefficient (Wildman–Crippen LogP) is 4.09. The van der Waals surface area contributed by atoms with Gasteiger partial charge in [0, 0.05) is 37.1 Å². The summed E-state index contributed by atoms with van der Waals surface area (Å²) in [6.07, 6.45) is 0.678. The molecule has 3 rings (SSSR count). The summed E-state index contributed by atoms with van der Waals surface area (Å²) in [4.78, 5) is 25.8. The molecule has 0 fully saturated rings. The van der Waals surface area contributed by atoms with Gasteiger partial charge in [-0.15, -0.1) is 0 Å². The highest BCUT2D eigenvalue weighted by Gasteiger charge is 2.17. The van der Waals surface area contributed by atoms with Crippen LogP contribution < -0.4 is 5.62 Å². The van der Waals surface area contributed by atoms with Crippen molar-refractivity contribution in [2.45, 2.75) is 26.4 Å². The van der Waals surface area contributed by atoms with Crippen molar-refractivity contribution in [2.24, 2.45) is 0 Å². The van der Waals surface area contributed by atoms with E-state index < -0.39 is 0 Å². The maximum Gasteiger partial charge on any atom is 0.219 e. The largest absolute Gasteiger partial charge is 0.346 e. The molecule has 0 aliphatic carbocycles. The van der Waals surface area contributed by atoms with E-state index in [4.69, 9.17) is 17.0 Å². The van der Waals surface area contributed by atoms with E-state index in [-0.39, 0.29) is 23.9 Å². The lowest BCUT2D eigenvalue weighted by Crippen LogP contribution is -2.29. The molecule has 1 N–H and O–H groups in total. The number of para-hydroxylation sites is 1. The van der Waals surface area contributed by atoms with Crippen LogP contribution in [-0.2, 0) is 17.9 Å². The first-order valence-electron chi connectivity index (χ1n) is 9.22. The second-order valence-corrected chi connectivity index (χ2v) is 8.22. The molecule has 2 aromatic carbocycles. The van der Waals surface area contributed by atoms with Crippen molar-refractivity contribution in [3.63, 3.8) is 0 Å². The molecule has 0 bridgehead atoms. The second kappa shape index (κ2) is 8.97. The molecule has 0 aliphatic rings. The lowest BCUT2D eigenvalue weighted by molar-refractivity contribution is -0.127. The molecule has 0 radical (unpaired) electrons. The van der Waals surface area contributed by atoms with Crippen molar-refractivity contribution in [2.75, 3.05) is 13.6 Å². The standard InChI is InChI=1S/C21H22BrClN4O2/c1-14(28)25(2)11-4-12-26-20-17(23)5-3-6-18(20)27(21(26)24)13-19(29)15-7-9-16(22)10-8-15/h3,5-10,24H,4,11-13H2,1-2H3. The summed E-state index contributed by atoms with van der Waals surface area (Å²) in [6.45, 7) is 2.68. The highest BCUT2D eigenvalue weighted by atomic mass is 79.9. The Morgan fingerprint density at radius 3 is 2.48 bits per heavy atom. The van der Waals surface area contributed by atoms with Crippen LogP contribution in [0.5, 0.6) is 0 Å². The van der Waals surface area contributed by atoms with E-state index in [1.165, 1.54) is 6.92 Å². The number of halogens is 2. The van der Waals surface area contributed by atoms with E-state index in [0.29, 0.717) is 30.1 Å². The Kier molecular flexibility index (Phi) is 6.59. The van der Waals surface area contributed by atoms with Gasteiger partial charge in [0.15, 0.2) is 5.78 Å².